The van der Waals surface area contributed by atoms with E-state index in [4.69, 9.17) is 5.73 Å². The van der Waals surface area contributed by atoms with Crippen LogP contribution in [0.15, 0.2) is 18.2 Å². The number of anilines is 1. The van der Waals surface area contributed by atoms with Crippen molar-refractivity contribution in [3.05, 3.63) is 29.3 Å². The fourth-order valence-electron chi connectivity index (χ4n) is 1.61. The summed E-state index contributed by atoms with van der Waals surface area (Å²) in [7, 11) is 1.82. The van der Waals surface area contributed by atoms with Crippen LogP contribution in [0, 0.1) is 6.92 Å². The van der Waals surface area contributed by atoms with Crippen LogP contribution in [0.1, 0.15) is 22.8 Å². The molecule has 1 aromatic carbocycles. The molecule has 1 unspecified atom stereocenters. The second-order valence-electron chi connectivity index (χ2n) is 4.26. The van der Waals surface area contributed by atoms with Crippen LogP contribution >= 0.6 is 11.8 Å². The summed E-state index contributed by atoms with van der Waals surface area (Å²) >= 11 is 1.73. The van der Waals surface area contributed by atoms with Gasteiger partial charge in [-0.1, -0.05) is 12.1 Å². The van der Waals surface area contributed by atoms with Crippen molar-refractivity contribution >= 4 is 23.4 Å². The molecule has 0 aromatic heterocycles. The predicted octanol–water partition coefficient (Wildman–Crippen LogP) is 2.40. The van der Waals surface area contributed by atoms with E-state index in [2.05, 4.69) is 0 Å². The Bertz CT molecular complexity index is 406. The Labute approximate surface area is 107 Å². The Hall–Kier alpha value is -1.16. The van der Waals surface area contributed by atoms with E-state index in [1.54, 1.807) is 22.7 Å². The zero-order chi connectivity index (χ0) is 13.0. The molecule has 1 atom stereocenters. The first-order valence-corrected chi connectivity index (χ1v) is 6.99. The van der Waals surface area contributed by atoms with Gasteiger partial charge >= 0.3 is 0 Å². The highest BCUT2D eigenvalue weighted by atomic mass is 32.2. The third-order valence-electron chi connectivity index (χ3n) is 2.94. The zero-order valence-corrected chi connectivity index (χ0v) is 11.7. The van der Waals surface area contributed by atoms with Crippen molar-refractivity contribution in [3.8, 4) is 0 Å². The summed E-state index contributed by atoms with van der Waals surface area (Å²) in [5.74, 6) is 0.918. The third-order valence-corrected chi connectivity index (χ3v) is 3.76. The third kappa shape index (κ3) is 3.16. The average molecular weight is 252 g/mol. The minimum atomic E-state index is -0.00671. The van der Waals surface area contributed by atoms with Gasteiger partial charge in [0, 0.05) is 24.5 Å². The molecule has 3 nitrogen and oxygen atoms in total. The van der Waals surface area contributed by atoms with Crippen LogP contribution in [-0.2, 0) is 0 Å². The van der Waals surface area contributed by atoms with Crippen molar-refractivity contribution in [1.82, 2.24) is 4.90 Å². The van der Waals surface area contributed by atoms with Gasteiger partial charge in [-0.05, 0) is 31.7 Å². The van der Waals surface area contributed by atoms with Crippen molar-refractivity contribution in [2.24, 2.45) is 0 Å². The number of amides is 1. The molecule has 0 fully saturated rings. The van der Waals surface area contributed by atoms with Crippen LogP contribution in [0.2, 0.25) is 0 Å². The molecule has 1 rings (SSSR count). The lowest BCUT2D eigenvalue weighted by molar-refractivity contribution is 0.0758. The van der Waals surface area contributed by atoms with Gasteiger partial charge in [0.05, 0.1) is 5.56 Å². The number of thioether (sulfide) groups is 1. The van der Waals surface area contributed by atoms with Crippen LogP contribution in [0.3, 0.4) is 0 Å². The molecule has 2 N–H and O–H groups in total. The first-order valence-electron chi connectivity index (χ1n) is 5.60. The number of nitrogens with zero attached hydrogens (tertiary/aromatic N) is 1. The van der Waals surface area contributed by atoms with Gasteiger partial charge in [0.2, 0.25) is 0 Å². The quantitative estimate of drug-likeness (QED) is 0.837. The van der Waals surface area contributed by atoms with Crippen molar-refractivity contribution in [3.63, 3.8) is 0 Å². The molecule has 0 saturated heterocycles. The molecule has 94 valence electrons. The lowest BCUT2D eigenvalue weighted by Crippen LogP contribution is -2.37. The van der Waals surface area contributed by atoms with Gasteiger partial charge in [-0.3, -0.25) is 4.79 Å². The zero-order valence-electron chi connectivity index (χ0n) is 10.9. The van der Waals surface area contributed by atoms with Crippen molar-refractivity contribution in [2.45, 2.75) is 19.9 Å². The fraction of sp³-hybridized carbons (Fsp3) is 0.462. The molecule has 1 amide bonds. The Balaban J connectivity index is 2.93. The molecule has 0 aliphatic carbocycles. The number of rotatable bonds is 4. The summed E-state index contributed by atoms with van der Waals surface area (Å²) in [6, 6.07) is 5.77. The highest BCUT2D eigenvalue weighted by Gasteiger charge is 2.19. The Morgan fingerprint density at radius 2 is 2.18 bits per heavy atom. The molecule has 0 spiro atoms. The normalized spacial score (nSPS) is 12.2. The van der Waals surface area contributed by atoms with Crippen LogP contribution in [0.4, 0.5) is 5.69 Å². The van der Waals surface area contributed by atoms with Gasteiger partial charge in [-0.15, -0.1) is 0 Å². The second-order valence-corrected chi connectivity index (χ2v) is 5.17. The van der Waals surface area contributed by atoms with E-state index in [0.29, 0.717) is 11.3 Å². The highest BCUT2D eigenvalue weighted by molar-refractivity contribution is 7.98. The van der Waals surface area contributed by atoms with Gasteiger partial charge in [-0.2, -0.15) is 11.8 Å². The number of benzene rings is 1. The molecule has 0 bridgehead atoms. The summed E-state index contributed by atoms with van der Waals surface area (Å²) < 4.78 is 0. The van der Waals surface area contributed by atoms with Crippen molar-refractivity contribution in [1.29, 1.82) is 0 Å². The van der Waals surface area contributed by atoms with Crippen LogP contribution < -0.4 is 5.73 Å². The van der Waals surface area contributed by atoms with Gasteiger partial charge < -0.3 is 10.6 Å². The standard InChI is InChI=1S/C13H20N2OS/c1-9-6-5-7-11(12(9)14)13(16)15(3)10(2)8-17-4/h5-7,10H,8,14H2,1-4H3. The van der Waals surface area contributed by atoms with E-state index in [0.717, 1.165) is 11.3 Å². The lowest BCUT2D eigenvalue weighted by Gasteiger charge is -2.25. The largest absolute Gasteiger partial charge is 0.398 e. The lowest BCUT2D eigenvalue weighted by atomic mass is 10.1. The predicted molar refractivity (Wildman–Crippen MR) is 75.5 cm³/mol. The maximum Gasteiger partial charge on any atom is 0.255 e. The molecule has 0 aliphatic heterocycles. The topological polar surface area (TPSA) is 46.3 Å². The molecule has 1 aromatic rings. The first-order chi connectivity index (χ1) is 7.99. The summed E-state index contributed by atoms with van der Waals surface area (Å²) in [5.41, 5.74) is 8.07. The SMILES string of the molecule is CSCC(C)N(C)C(=O)c1cccc(C)c1N. The molecular formula is C13H20N2OS. The Kier molecular flexibility index (Phi) is 4.87. The first kappa shape index (κ1) is 13.9. The maximum atomic E-state index is 12.3. The van der Waals surface area contributed by atoms with Gasteiger partial charge in [0.25, 0.3) is 5.91 Å². The number of carbonyl (C=O) groups excluding carboxylic acids is 1. The maximum absolute atomic E-state index is 12.3. The van der Waals surface area contributed by atoms with Crippen LogP contribution in [-0.4, -0.2) is 35.9 Å². The number of hydrogen-bond donors (Lipinski definition) is 1. The summed E-state index contributed by atoms with van der Waals surface area (Å²) in [6.07, 6.45) is 2.04. The number of nitrogens with two attached hydrogens (primary N) is 1. The van der Waals surface area contributed by atoms with Gasteiger partial charge in [0.15, 0.2) is 0 Å². The molecule has 0 heterocycles. The van der Waals surface area contributed by atoms with Crippen molar-refractivity contribution < 1.29 is 4.79 Å². The minimum absolute atomic E-state index is 0.00671. The monoisotopic (exact) mass is 252 g/mol. The minimum Gasteiger partial charge on any atom is -0.398 e. The van der Waals surface area contributed by atoms with Crippen LogP contribution in [0.5, 0.6) is 0 Å². The highest BCUT2D eigenvalue weighted by Crippen LogP contribution is 2.19. The molecule has 17 heavy (non-hydrogen) atoms. The van der Waals surface area contributed by atoms with E-state index in [1.165, 1.54) is 0 Å². The Morgan fingerprint density at radius 1 is 1.53 bits per heavy atom. The summed E-state index contributed by atoms with van der Waals surface area (Å²) in [6.45, 7) is 3.96. The number of nitrogen functional groups attached to an aromatic ring is 1. The molecule has 0 aliphatic rings. The fourth-order valence-corrected chi connectivity index (χ4v) is 2.32. The van der Waals surface area contributed by atoms with E-state index in [-0.39, 0.29) is 11.9 Å². The molecule has 0 radical (unpaired) electrons. The Morgan fingerprint density at radius 3 is 2.76 bits per heavy atom. The molecule has 0 saturated carbocycles. The number of para-hydroxylation sites is 1. The molecule has 4 heteroatoms. The van der Waals surface area contributed by atoms with E-state index < -0.39 is 0 Å². The van der Waals surface area contributed by atoms with E-state index in [1.807, 2.05) is 39.3 Å². The number of hydrogen-bond acceptors (Lipinski definition) is 3. The van der Waals surface area contributed by atoms with E-state index >= 15 is 0 Å². The van der Waals surface area contributed by atoms with Crippen molar-refractivity contribution in [2.75, 3.05) is 24.8 Å². The number of carbonyl (C=O) groups is 1. The summed E-state index contributed by atoms with van der Waals surface area (Å²) in [4.78, 5) is 14.0. The van der Waals surface area contributed by atoms with Gasteiger partial charge in [-0.25, -0.2) is 0 Å². The average Bonchev–Trinajstić information content (AvgIpc) is 2.31. The van der Waals surface area contributed by atoms with Crippen LogP contribution in [0.25, 0.3) is 0 Å². The molecular weight excluding hydrogens is 232 g/mol. The second kappa shape index (κ2) is 5.96. The smallest absolute Gasteiger partial charge is 0.255 e. The van der Waals surface area contributed by atoms with Gasteiger partial charge in [0.1, 0.15) is 0 Å². The van der Waals surface area contributed by atoms with E-state index in [9.17, 15) is 4.79 Å². The summed E-state index contributed by atoms with van der Waals surface area (Å²) in [5, 5.41) is 0. The number of aryl methyl sites for hydroxylation is 1.